The normalized spacial score (nSPS) is 12.6. The van der Waals surface area contributed by atoms with Gasteiger partial charge in [-0.25, -0.2) is 13.2 Å². The van der Waals surface area contributed by atoms with Crippen molar-refractivity contribution in [3.63, 3.8) is 0 Å². The van der Waals surface area contributed by atoms with Crippen LogP contribution in [0.4, 0.5) is 13.2 Å². The van der Waals surface area contributed by atoms with Gasteiger partial charge in [0, 0.05) is 33.2 Å². The number of aromatic nitrogens is 2. The molecule has 0 atom stereocenters. The first-order chi connectivity index (χ1) is 26.1. The van der Waals surface area contributed by atoms with Crippen LogP contribution in [0, 0.1) is 17.5 Å². The Morgan fingerprint density at radius 2 is 0.811 bits per heavy atom. The molecule has 1 aliphatic rings. The molecule has 0 unspecified atom stereocenters. The molecule has 2 nitrogen and oxygen atoms in total. The Morgan fingerprint density at radius 1 is 0.396 bits per heavy atom. The lowest BCUT2D eigenvalue weighted by Crippen LogP contribution is -2.04. The molecule has 2 aromatic heterocycles. The summed E-state index contributed by atoms with van der Waals surface area (Å²) in [6, 6.07) is 47.6. The summed E-state index contributed by atoms with van der Waals surface area (Å²) in [5.41, 5.74) is 7.45. The molecule has 0 amide bonds. The molecule has 53 heavy (non-hydrogen) atoms. The molecule has 5 heteroatoms. The van der Waals surface area contributed by atoms with Crippen LogP contribution in [-0.4, -0.2) is 9.13 Å². The van der Waals surface area contributed by atoms with Crippen molar-refractivity contribution in [2.75, 3.05) is 0 Å². The van der Waals surface area contributed by atoms with Gasteiger partial charge in [-0.05, 0) is 83.6 Å². The Labute approximate surface area is 304 Å². The van der Waals surface area contributed by atoms with Crippen molar-refractivity contribution >= 4 is 38.8 Å². The van der Waals surface area contributed by atoms with Gasteiger partial charge in [-0.2, -0.15) is 0 Å². The van der Waals surface area contributed by atoms with Crippen molar-refractivity contribution in [3.8, 4) is 44.8 Å². The SMILES string of the molecule is Fc1c(-c2ccccc2)c(F)c(-c2ccc(-n3c4ccccc4c4ccccc43)cc2)c(F)c1-c1ccc(-n2c3c(c4ccccc42)CCC=C3)cc1. The molecular weight excluding hydrogens is 662 g/mol. The van der Waals surface area contributed by atoms with E-state index in [0.29, 0.717) is 16.7 Å². The van der Waals surface area contributed by atoms with Gasteiger partial charge in [0.2, 0.25) is 0 Å². The lowest BCUT2D eigenvalue weighted by Gasteiger charge is -2.18. The van der Waals surface area contributed by atoms with Crippen molar-refractivity contribution in [2.45, 2.75) is 12.8 Å². The van der Waals surface area contributed by atoms with Crippen LogP contribution >= 0.6 is 0 Å². The van der Waals surface area contributed by atoms with Gasteiger partial charge in [0.15, 0.2) is 0 Å². The van der Waals surface area contributed by atoms with Gasteiger partial charge in [-0.1, -0.05) is 115 Å². The van der Waals surface area contributed by atoms with E-state index in [9.17, 15) is 0 Å². The number of fused-ring (bicyclic) bond motifs is 6. The van der Waals surface area contributed by atoms with Gasteiger partial charge in [0.25, 0.3) is 0 Å². The maximum absolute atomic E-state index is 17.0. The third kappa shape index (κ3) is 4.81. The zero-order valence-electron chi connectivity index (χ0n) is 28.5. The molecule has 7 aromatic carbocycles. The first-order valence-corrected chi connectivity index (χ1v) is 17.8. The summed E-state index contributed by atoms with van der Waals surface area (Å²) in [6.45, 7) is 0. The van der Waals surface area contributed by atoms with E-state index < -0.39 is 17.5 Å². The van der Waals surface area contributed by atoms with Crippen LogP contribution in [0.15, 0.2) is 158 Å². The van der Waals surface area contributed by atoms with E-state index in [0.717, 1.165) is 57.2 Å². The number of para-hydroxylation sites is 3. The standard InChI is InChI=1S/C48H31F3N2/c49-46-43(30-12-2-1-3-13-30)47(50)45(32-24-28-34(29-25-32)53-41-20-10-6-16-37(41)38-17-7-11-21-42(38)53)48(51)44(46)31-22-26-33(27-23-31)52-39-18-8-4-14-35(39)36-15-5-9-19-40(36)52/h1-6,8-16,18-29H,7,17H2. The largest absolute Gasteiger partial charge is 0.310 e. The molecule has 10 rings (SSSR count). The molecule has 0 saturated heterocycles. The molecule has 0 radical (unpaired) electrons. The number of allylic oxidation sites excluding steroid dienone is 1. The number of hydrogen-bond acceptors (Lipinski definition) is 0. The van der Waals surface area contributed by atoms with E-state index >= 15 is 13.2 Å². The lowest BCUT2D eigenvalue weighted by atomic mass is 9.90. The molecule has 0 aliphatic heterocycles. The van der Waals surface area contributed by atoms with Crippen LogP contribution in [0.25, 0.3) is 83.5 Å². The molecule has 254 valence electrons. The van der Waals surface area contributed by atoms with Gasteiger partial charge in [0.1, 0.15) is 17.5 Å². The second-order valence-electron chi connectivity index (χ2n) is 13.6. The number of halogens is 3. The number of hydrogen-bond donors (Lipinski definition) is 0. The highest BCUT2D eigenvalue weighted by atomic mass is 19.1. The minimum absolute atomic E-state index is 0.261. The third-order valence-electron chi connectivity index (χ3n) is 10.6. The second-order valence-corrected chi connectivity index (χ2v) is 13.6. The summed E-state index contributed by atoms with van der Waals surface area (Å²) >= 11 is 0. The van der Waals surface area contributed by atoms with Crippen LogP contribution in [0.1, 0.15) is 17.7 Å². The van der Waals surface area contributed by atoms with Crippen molar-refractivity contribution in [1.29, 1.82) is 0 Å². The number of nitrogens with zero attached hydrogens (tertiary/aromatic N) is 2. The van der Waals surface area contributed by atoms with Crippen molar-refractivity contribution in [1.82, 2.24) is 9.13 Å². The number of aryl methyl sites for hydroxylation is 1. The minimum Gasteiger partial charge on any atom is -0.310 e. The van der Waals surface area contributed by atoms with Gasteiger partial charge >= 0.3 is 0 Å². The summed E-state index contributed by atoms with van der Waals surface area (Å²) in [4.78, 5) is 0. The predicted octanol–water partition coefficient (Wildman–Crippen LogP) is 13.1. The lowest BCUT2D eigenvalue weighted by molar-refractivity contribution is 0.557. The Kier molecular flexibility index (Phi) is 7.22. The summed E-state index contributed by atoms with van der Waals surface area (Å²) in [5.74, 6) is -2.81. The first-order valence-electron chi connectivity index (χ1n) is 17.8. The highest BCUT2D eigenvalue weighted by molar-refractivity contribution is 6.09. The van der Waals surface area contributed by atoms with Crippen molar-refractivity contribution in [3.05, 3.63) is 186 Å². The average Bonchev–Trinajstić information content (AvgIpc) is 3.72. The maximum Gasteiger partial charge on any atom is 0.144 e. The van der Waals surface area contributed by atoms with Gasteiger partial charge < -0.3 is 9.13 Å². The maximum atomic E-state index is 17.0. The van der Waals surface area contributed by atoms with Crippen LogP contribution < -0.4 is 0 Å². The molecule has 0 spiro atoms. The monoisotopic (exact) mass is 692 g/mol. The molecule has 2 heterocycles. The van der Waals surface area contributed by atoms with Gasteiger partial charge in [-0.3, -0.25) is 0 Å². The zero-order valence-corrected chi connectivity index (χ0v) is 28.5. The van der Waals surface area contributed by atoms with E-state index in [1.54, 1.807) is 54.6 Å². The van der Waals surface area contributed by atoms with Crippen LogP contribution in [0.2, 0.25) is 0 Å². The topological polar surface area (TPSA) is 9.86 Å². The highest BCUT2D eigenvalue weighted by Crippen LogP contribution is 2.43. The second kappa shape index (κ2) is 12.3. The zero-order chi connectivity index (χ0) is 35.6. The Morgan fingerprint density at radius 3 is 1.34 bits per heavy atom. The van der Waals surface area contributed by atoms with Gasteiger partial charge in [0.05, 0.1) is 33.2 Å². The minimum atomic E-state index is -0.941. The quantitative estimate of drug-likeness (QED) is 0.170. The van der Waals surface area contributed by atoms with E-state index in [1.165, 1.54) is 10.9 Å². The third-order valence-corrected chi connectivity index (χ3v) is 10.6. The van der Waals surface area contributed by atoms with Crippen LogP contribution in [-0.2, 0) is 6.42 Å². The van der Waals surface area contributed by atoms with E-state index in [4.69, 9.17) is 0 Å². The molecule has 0 N–H and O–H groups in total. The van der Waals surface area contributed by atoms with Crippen LogP contribution in [0.3, 0.4) is 0 Å². The van der Waals surface area contributed by atoms with Gasteiger partial charge in [-0.15, -0.1) is 0 Å². The molecule has 9 aromatic rings. The summed E-state index contributed by atoms with van der Waals surface area (Å²) in [7, 11) is 0. The molecule has 0 fully saturated rings. The van der Waals surface area contributed by atoms with Crippen molar-refractivity contribution in [2.24, 2.45) is 0 Å². The number of rotatable bonds is 5. The summed E-state index contributed by atoms with van der Waals surface area (Å²) in [5, 5.41) is 3.44. The molecular formula is C48H31F3N2. The fourth-order valence-electron chi connectivity index (χ4n) is 8.25. The fourth-order valence-corrected chi connectivity index (χ4v) is 8.25. The van der Waals surface area contributed by atoms with Crippen molar-refractivity contribution < 1.29 is 13.2 Å². The number of benzene rings is 7. The Hall–Kier alpha value is -6.59. The first kappa shape index (κ1) is 31.2. The van der Waals surface area contributed by atoms with E-state index in [2.05, 4.69) is 57.7 Å². The van der Waals surface area contributed by atoms with E-state index in [1.807, 2.05) is 60.7 Å². The summed E-state index contributed by atoms with van der Waals surface area (Å²) < 4.78 is 54.7. The highest BCUT2D eigenvalue weighted by Gasteiger charge is 2.28. The summed E-state index contributed by atoms with van der Waals surface area (Å²) in [6.07, 6.45) is 6.26. The smallest absolute Gasteiger partial charge is 0.144 e. The molecule has 1 aliphatic carbocycles. The van der Waals surface area contributed by atoms with Crippen LogP contribution in [0.5, 0.6) is 0 Å². The molecule has 0 bridgehead atoms. The molecule has 0 saturated carbocycles. The predicted molar refractivity (Wildman–Crippen MR) is 211 cm³/mol. The Balaban J connectivity index is 1.13. The van der Waals surface area contributed by atoms with E-state index in [-0.39, 0.29) is 16.7 Å². The fraction of sp³-hybridized carbons (Fsp3) is 0.0417. The average molecular weight is 693 g/mol. The Bertz CT molecular complexity index is 2840.